The van der Waals surface area contributed by atoms with Crippen LogP contribution < -0.4 is 52.8 Å². The molecule has 0 saturated heterocycles. The largest absolute Gasteiger partial charge is 1.00 e. The Labute approximate surface area is 558 Å². The van der Waals surface area contributed by atoms with Crippen LogP contribution in [0.1, 0.15) is 44.4 Å². The topological polar surface area (TPSA) is 0 Å². The second-order valence-electron chi connectivity index (χ2n) is 23.5. The molecule has 0 fully saturated rings. The van der Waals surface area contributed by atoms with E-state index in [1.165, 1.54) is 153 Å². The van der Waals surface area contributed by atoms with Gasteiger partial charge in [-0.1, -0.05) is 0 Å². The van der Waals surface area contributed by atoms with Crippen molar-refractivity contribution in [3.63, 3.8) is 0 Å². The average Bonchev–Trinajstić information content (AvgIpc) is 1.65. The normalized spacial score (nSPS) is 13.8. The Morgan fingerprint density at radius 1 is 0.247 bits per heavy atom. The minimum atomic E-state index is -4.08. The van der Waals surface area contributed by atoms with E-state index in [0.29, 0.717) is 0 Å². The van der Waals surface area contributed by atoms with E-state index in [-0.39, 0.29) is 37.2 Å². The predicted molar refractivity (Wildman–Crippen MR) is 367 cm³/mol. The van der Waals surface area contributed by atoms with Crippen molar-refractivity contribution >= 4 is 23.6 Å². The fourth-order valence-corrected chi connectivity index (χ4v) is 23.3. The van der Waals surface area contributed by atoms with E-state index in [1.807, 2.05) is 0 Å². The molecule has 0 bridgehead atoms. The van der Waals surface area contributed by atoms with Crippen LogP contribution in [0.2, 0.25) is 5.04 Å². The van der Waals surface area contributed by atoms with E-state index in [4.69, 9.17) is 0 Å². The first kappa shape index (κ1) is 63.9. The molecule has 0 saturated carbocycles. The summed E-state index contributed by atoms with van der Waals surface area (Å²) in [5, 5.41) is 3.54. The minimum Gasteiger partial charge on any atom is -1.00 e. The molecule has 0 aliphatic heterocycles. The quantitative estimate of drug-likeness (QED) is 0.0797. The van der Waals surface area contributed by atoms with Gasteiger partial charge in [0.25, 0.3) is 0 Å². The number of benzene rings is 12. The number of aryl methyl sites for hydroxylation is 3. The molecule has 1 aliphatic rings. The molecule has 434 valence electrons. The van der Waals surface area contributed by atoms with Crippen LogP contribution in [-0.2, 0) is 20.4 Å². The second-order valence-corrected chi connectivity index (χ2v) is 28.4. The third-order valence-electron chi connectivity index (χ3n) is 18.8. The van der Waals surface area contributed by atoms with E-state index >= 15 is 0 Å². The molecule has 89 heavy (non-hydrogen) atoms. The van der Waals surface area contributed by atoms with Gasteiger partial charge in [-0.2, -0.15) is 0 Å². The minimum absolute atomic E-state index is 0. The van der Waals surface area contributed by atoms with Gasteiger partial charge < -0.3 is 37.2 Å². The van der Waals surface area contributed by atoms with Crippen molar-refractivity contribution in [2.75, 3.05) is 0 Å². The van der Waals surface area contributed by atoms with Gasteiger partial charge in [-0.05, 0) is 0 Å². The van der Waals surface area contributed by atoms with Crippen molar-refractivity contribution < 1.29 is 57.7 Å². The SMILES string of the molecule is CC1=C(C)C(C)([Si](c2cc(C)c(-c3ccccc3)c(-c3ccccc3)c2-c2ccccc2)(c2cc(C)c(-c3ccccc3)c(-c3ccccc3)c2-c2ccccc2)c2cc(C)c(-c3ccccc3)c(-c3ccccc3)c2-c2ccccc2)[C]([Ti+3])=C1C.[Cl-].[Cl-].[Cl-]. The molecule has 1 unspecified atom stereocenters. The van der Waals surface area contributed by atoms with Crippen molar-refractivity contribution in [2.24, 2.45) is 0 Å². The van der Waals surface area contributed by atoms with Crippen molar-refractivity contribution in [3.8, 4) is 100 Å². The van der Waals surface area contributed by atoms with Crippen LogP contribution in [0.4, 0.5) is 0 Å². The number of halogens is 3. The van der Waals surface area contributed by atoms with Crippen LogP contribution in [0, 0.1) is 20.8 Å². The van der Waals surface area contributed by atoms with E-state index in [2.05, 4.69) is 360 Å². The maximum absolute atomic E-state index is 4.08. The first-order chi connectivity index (χ1) is 42.0. The van der Waals surface area contributed by atoms with Gasteiger partial charge >= 0.3 is 526 Å². The monoisotopic (exact) mass is 1260 g/mol. The van der Waals surface area contributed by atoms with Gasteiger partial charge in [0.2, 0.25) is 0 Å². The fourth-order valence-electron chi connectivity index (χ4n) is 14.8. The molecule has 0 nitrogen and oxygen atoms in total. The molecule has 1 atom stereocenters. The van der Waals surface area contributed by atoms with E-state index in [1.54, 1.807) is 0 Å². The Bertz CT molecular complexity index is 4090. The summed E-state index contributed by atoms with van der Waals surface area (Å²) in [7, 11) is -4.08. The van der Waals surface area contributed by atoms with Crippen molar-refractivity contribution in [3.05, 3.63) is 328 Å². The van der Waals surface area contributed by atoms with Crippen molar-refractivity contribution in [2.45, 2.75) is 53.5 Å². The van der Waals surface area contributed by atoms with Crippen LogP contribution in [-0.4, -0.2) is 8.07 Å². The van der Waals surface area contributed by atoms with Crippen LogP contribution in [0.15, 0.2) is 312 Å². The summed E-state index contributed by atoms with van der Waals surface area (Å²) in [5.74, 6) is 0. The van der Waals surface area contributed by atoms with Crippen LogP contribution in [0.25, 0.3) is 100 Å². The van der Waals surface area contributed by atoms with Crippen LogP contribution in [0.5, 0.6) is 0 Å². The first-order valence-electron chi connectivity index (χ1n) is 30.2. The molecule has 0 heterocycles. The third-order valence-corrected chi connectivity index (χ3v) is 26.3. The molecule has 0 aromatic heterocycles. The standard InChI is InChI=1S/C84H69Si.3ClH.Ti/c1-57-53-72(78(66-41-23-11-24-42-66)81(69-47-29-14-30-48-69)75(57)63-35-17-8-18-36-63)85(84(7)56-60(4)61(5)62(84)6,73-54-58(2)76(64-37-19-9-20-38-64)82(70-49-31-15-32-50-70)79(73)67-43-25-12-26-44-67)74-55-59(3)77(65-39-21-10-22-40-65)83(71-51-33-16-34-52-71)80(74)68-45-27-13-28-46-68;;;;/h8-55H,1-7H3;3*1H;/q;;;;+3/p-3. The summed E-state index contributed by atoms with van der Waals surface area (Å²) < 4.78 is 1.42. The number of rotatable bonds is 13. The predicted octanol–water partition coefficient (Wildman–Crippen LogP) is 12.0. The van der Waals surface area contributed by atoms with Crippen LogP contribution >= 0.6 is 0 Å². The number of hydrogen-bond donors (Lipinski definition) is 0. The zero-order valence-corrected chi connectivity index (χ0v) is 56.2. The van der Waals surface area contributed by atoms with Crippen molar-refractivity contribution in [1.82, 2.24) is 0 Å². The van der Waals surface area contributed by atoms with E-state index < -0.39 is 13.1 Å². The summed E-state index contributed by atoms with van der Waals surface area (Å²) in [6.07, 6.45) is 0. The Balaban J connectivity index is 0.00000291. The van der Waals surface area contributed by atoms with Gasteiger partial charge in [0.05, 0.1) is 0 Å². The molecule has 0 spiro atoms. The van der Waals surface area contributed by atoms with Crippen LogP contribution in [0.3, 0.4) is 0 Å². The smallest absolute Gasteiger partial charge is 1.00 e. The number of hydrogen-bond acceptors (Lipinski definition) is 0. The molecule has 13 rings (SSSR count). The maximum atomic E-state index is 2.72. The molecular weight excluding hydrogens is 1190 g/mol. The van der Waals surface area contributed by atoms with Gasteiger partial charge in [0.1, 0.15) is 0 Å². The summed E-state index contributed by atoms with van der Waals surface area (Å²) in [5.41, 5.74) is 29.9. The molecule has 0 amide bonds. The van der Waals surface area contributed by atoms with Gasteiger partial charge in [-0.3, -0.25) is 0 Å². The van der Waals surface area contributed by atoms with E-state index in [0.717, 1.165) is 0 Å². The molecule has 12 aromatic rings. The van der Waals surface area contributed by atoms with Gasteiger partial charge in [0.15, 0.2) is 0 Å². The summed E-state index contributed by atoms with van der Waals surface area (Å²) >= 11 is 2.50. The third kappa shape index (κ3) is 10.9. The zero-order valence-electron chi connectivity index (χ0n) is 51.3. The first-order valence-corrected chi connectivity index (χ1v) is 33.0. The van der Waals surface area contributed by atoms with Gasteiger partial charge in [0, 0.05) is 0 Å². The molecule has 12 aromatic carbocycles. The maximum Gasteiger partial charge on any atom is -1.00 e. The van der Waals surface area contributed by atoms with Gasteiger partial charge in [-0.15, -0.1) is 0 Å². The Kier molecular flexibility index (Phi) is 19.4. The average molecular weight is 1260 g/mol. The van der Waals surface area contributed by atoms with Crippen molar-refractivity contribution in [1.29, 1.82) is 0 Å². The summed E-state index contributed by atoms with van der Waals surface area (Å²) in [6.45, 7) is 17.2. The Hall–Kier alpha value is -8.08. The summed E-state index contributed by atoms with van der Waals surface area (Å²) in [6, 6.07) is 110. The molecule has 5 heteroatoms. The molecule has 1 aliphatic carbocycles. The molecule has 0 N–H and O–H groups in total. The fraction of sp³-hybridized carbons (Fsp3) is 0.0952. The Morgan fingerprint density at radius 2 is 0.427 bits per heavy atom. The zero-order chi connectivity index (χ0) is 59.1. The van der Waals surface area contributed by atoms with E-state index in [9.17, 15) is 0 Å². The van der Waals surface area contributed by atoms with Gasteiger partial charge in [-0.25, -0.2) is 0 Å². The molecular formula is C84H69Cl3SiTi. The second kappa shape index (κ2) is 26.9. The summed E-state index contributed by atoms with van der Waals surface area (Å²) in [4.78, 5) is 0. The molecule has 0 radical (unpaired) electrons. The number of allylic oxidation sites excluding steroid dienone is 4. The Morgan fingerprint density at radius 3 is 0.607 bits per heavy atom.